The van der Waals surface area contributed by atoms with E-state index < -0.39 is 18.7 Å². The van der Waals surface area contributed by atoms with Gasteiger partial charge in [0.05, 0.1) is 0 Å². The molecule has 1 aromatic carbocycles. The summed E-state index contributed by atoms with van der Waals surface area (Å²) in [6.45, 7) is 2.08. The molecule has 4 heteroatoms. The number of halogens is 2. The maximum atomic E-state index is 8.89. The van der Waals surface area contributed by atoms with Crippen LogP contribution in [0, 0.1) is 6.92 Å². The topological polar surface area (TPSA) is 34.1 Å². The van der Waals surface area contributed by atoms with Crippen LogP contribution in [-0.4, -0.2) is 0 Å². The first-order chi connectivity index (χ1) is 5.13. The van der Waals surface area contributed by atoms with Crippen LogP contribution in [0.25, 0.3) is 0 Å². The fourth-order valence-electron chi connectivity index (χ4n) is 0.534. The third-order valence-corrected chi connectivity index (χ3v) is 0.940. The van der Waals surface area contributed by atoms with Crippen LogP contribution in [0.15, 0.2) is 30.3 Å². The van der Waals surface area contributed by atoms with Crippen LogP contribution in [-0.2, 0) is 6.14 Å². The molecule has 0 N–H and O–H groups in total. The third-order valence-electron chi connectivity index (χ3n) is 0.940. The number of hydrogen-bond donors (Lipinski definition) is 0. The van der Waals surface area contributed by atoms with Gasteiger partial charge in [-0.15, -0.1) is 0 Å². The van der Waals surface area contributed by atoms with E-state index in [1.807, 2.05) is 18.2 Å². The summed E-state index contributed by atoms with van der Waals surface area (Å²) in [5.41, 5.74) is 1.32. The van der Waals surface area contributed by atoms with E-state index in [1.54, 1.807) is 0 Å². The van der Waals surface area contributed by atoms with Crippen molar-refractivity contribution in [1.82, 2.24) is 0 Å². The second kappa shape index (κ2) is 6.54. The lowest BCUT2D eigenvalue weighted by Crippen LogP contribution is -1.62. The molecule has 0 aliphatic rings. The first-order valence-electron chi connectivity index (χ1n) is 2.86. The maximum absolute atomic E-state index is 8.89. The molecule has 0 saturated carbocycles. The predicted molar refractivity (Wildman–Crippen MR) is 52.4 cm³/mol. The molecular weight excluding hydrogens is 278 g/mol. The first-order valence-corrected chi connectivity index (χ1v) is 7.36. The third kappa shape index (κ3) is 9.84. The van der Waals surface area contributed by atoms with Crippen molar-refractivity contribution in [2.45, 2.75) is 6.92 Å². The maximum Gasteiger partial charge on any atom is 0.409 e. The van der Waals surface area contributed by atoms with Crippen molar-refractivity contribution >= 4 is 27.6 Å². The molecule has 2 nitrogen and oxygen atoms in total. The molecule has 0 bridgehead atoms. The zero-order valence-corrected chi connectivity index (χ0v) is 8.87. The molecule has 0 amide bonds. The average molecular weight is 286 g/mol. The van der Waals surface area contributed by atoms with Gasteiger partial charge in [0, 0.05) is 8.91 Å². The summed E-state index contributed by atoms with van der Waals surface area (Å²) < 4.78 is 17.8. The highest BCUT2D eigenvalue weighted by molar-refractivity contribution is 14.2. The Bertz CT molecular complexity index is 248. The number of benzene rings is 1. The van der Waals surface area contributed by atoms with E-state index in [0.29, 0.717) is 0 Å². The molecular formula is C7H8ClIO2. The van der Waals surface area contributed by atoms with Crippen LogP contribution < -0.4 is 0 Å². The van der Waals surface area contributed by atoms with Gasteiger partial charge in [-0.3, -0.25) is 0 Å². The largest absolute Gasteiger partial charge is 0.409 e. The highest BCUT2D eigenvalue weighted by Crippen LogP contribution is 2.07. The van der Waals surface area contributed by atoms with Gasteiger partial charge in [-0.1, -0.05) is 35.9 Å². The van der Waals surface area contributed by atoms with Gasteiger partial charge in [0.1, 0.15) is 0 Å². The Morgan fingerprint density at radius 1 is 1.18 bits per heavy atom. The molecule has 1 aromatic rings. The van der Waals surface area contributed by atoms with Gasteiger partial charge in [-0.2, -0.15) is 0 Å². The summed E-state index contributed by atoms with van der Waals surface area (Å²) in [5, 5.41) is 0. The molecule has 0 radical (unpaired) electrons. The molecule has 0 heterocycles. The van der Waals surface area contributed by atoms with Gasteiger partial charge < -0.3 is 0 Å². The smallest absolute Gasteiger partial charge is 0.217 e. The standard InChI is InChI=1S/C7H8.ClIO2/c1-7-5-3-2-4-6-7;1-2(3)4/h2-6H,1H3;. The number of hydrogen-bond acceptors (Lipinski definition) is 2. The highest BCUT2D eigenvalue weighted by Gasteiger charge is 1.72. The minimum atomic E-state index is -3.29. The molecule has 0 spiro atoms. The molecule has 1 rings (SSSR count). The average Bonchev–Trinajstić information content (AvgIpc) is 1.87. The van der Waals surface area contributed by atoms with Crippen LogP contribution in [0.3, 0.4) is 0 Å². The van der Waals surface area contributed by atoms with Crippen LogP contribution in [0.2, 0.25) is 0 Å². The quantitative estimate of drug-likeness (QED) is 0.686. The van der Waals surface area contributed by atoms with Gasteiger partial charge in [0.15, 0.2) is 0 Å². The molecule has 0 unspecified atom stereocenters. The van der Waals surface area contributed by atoms with Crippen LogP contribution in [0.1, 0.15) is 5.56 Å². The van der Waals surface area contributed by atoms with Crippen LogP contribution in [0.4, 0.5) is 0 Å². The highest BCUT2D eigenvalue weighted by atomic mass is 127. The molecule has 11 heavy (non-hydrogen) atoms. The SMILES string of the molecule is Cc1ccccc1.O=I(=O)Cl. The first kappa shape index (κ1) is 10.8. The Balaban J connectivity index is 0.000000218. The Kier molecular flexibility index (Phi) is 6.45. The summed E-state index contributed by atoms with van der Waals surface area (Å²) in [7, 11) is 4.32. The van der Waals surface area contributed by atoms with Gasteiger partial charge >= 0.3 is 18.7 Å². The Labute approximate surface area is 76.4 Å². The van der Waals surface area contributed by atoms with Gasteiger partial charge in [0.2, 0.25) is 0 Å². The van der Waals surface area contributed by atoms with Crippen molar-refractivity contribution < 1.29 is 6.14 Å². The minimum absolute atomic E-state index is 1.32. The van der Waals surface area contributed by atoms with Gasteiger partial charge in [0.25, 0.3) is 0 Å². The fraction of sp³-hybridized carbons (Fsp3) is 0.143. The zero-order chi connectivity index (χ0) is 8.69. The molecule has 0 saturated heterocycles. The lowest BCUT2D eigenvalue weighted by molar-refractivity contribution is 0.612. The second-order valence-corrected chi connectivity index (χ2v) is 4.42. The lowest BCUT2D eigenvalue weighted by Gasteiger charge is -1.82. The summed E-state index contributed by atoms with van der Waals surface area (Å²) in [6, 6.07) is 10.3. The van der Waals surface area contributed by atoms with Crippen molar-refractivity contribution in [2.75, 3.05) is 0 Å². The fourth-order valence-corrected chi connectivity index (χ4v) is 0.534. The van der Waals surface area contributed by atoms with Crippen LogP contribution in [0.5, 0.6) is 0 Å². The zero-order valence-electron chi connectivity index (χ0n) is 5.96. The molecule has 0 aliphatic heterocycles. The van der Waals surface area contributed by atoms with Crippen molar-refractivity contribution in [3.8, 4) is 0 Å². The van der Waals surface area contributed by atoms with E-state index >= 15 is 0 Å². The Morgan fingerprint density at radius 2 is 1.55 bits per heavy atom. The summed E-state index contributed by atoms with van der Waals surface area (Å²) in [4.78, 5) is 0. The van der Waals surface area contributed by atoms with E-state index in [2.05, 4.69) is 28.0 Å². The van der Waals surface area contributed by atoms with Crippen molar-refractivity contribution in [3.63, 3.8) is 0 Å². The van der Waals surface area contributed by atoms with E-state index in [-0.39, 0.29) is 0 Å². The number of aryl methyl sites for hydroxylation is 1. The van der Waals surface area contributed by atoms with E-state index in [0.717, 1.165) is 0 Å². The normalized spacial score (nSPS) is 8.64. The summed E-state index contributed by atoms with van der Waals surface area (Å²) in [5.74, 6) is 0. The van der Waals surface area contributed by atoms with E-state index in [4.69, 9.17) is 6.14 Å². The molecule has 0 aromatic heterocycles. The van der Waals surface area contributed by atoms with E-state index in [9.17, 15) is 0 Å². The van der Waals surface area contributed by atoms with Crippen molar-refractivity contribution in [3.05, 3.63) is 35.9 Å². The monoisotopic (exact) mass is 286 g/mol. The molecule has 62 valence electrons. The number of rotatable bonds is 0. The van der Waals surface area contributed by atoms with Gasteiger partial charge in [-0.05, 0) is 6.92 Å². The second-order valence-electron chi connectivity index (χ2n) is 1.83. The minimum Gasteiger partial charge on any atom is -0.217 e. The van der Waals surface area contributed by atoms with Crippen molar-refractivity contribution in [2.24, 2.45) is 0 Å². The molecule has 0 atom stereocenters. The van der Waals surface area contributed by atoms with Gasteiger partial charge in [-0.25, -0.2) is 6.14 Å². The Morgan fingerprint density at radius 3 is 1.73 bits per heavy atom. The Hall–Kier alpha value is -0.160. The summed E-state index contributed by atoms with van der Waals surface area (Å²) >= 11 is -3.29. The van der Waals surface area contributed by atoms with E-state index in [1.165, 1.54) is 5.56 Å². The molecule has 0 fully saturated rings. The predicted octanol–water partition coefficient (Wildman–Crippen LogP) is 3.33. The molecule has 0 aliphatic carbocycles. The van der Waals surface area contributed by atoms with Crippen molar-refractivity contribution in [1.29, 1.82) is 0 Å². The van der Waals surface area contributed by atoms with Crippen LogP contribution >= 0.6 is 27.6 Å². The lowest BCUT2D eigenvalue weighted by atomic mass is 10.2. The summed E-state index contributed by atoms with van der Waals surface area (Å²) in [6.07, 6.45) is 0.